The number of aromatic nitrogens is 4. The van der Waals surface area contributed by atoms with Gasteiger partial charge in [-0.25, -0.2) is 9.67 Å². The van der Waals surface area contributed by atoms with Crippen LogP contribution in [-0.2, 0) is 13.1 Å². The molecule has 0 atom stereocenters. The van der Waals surface area contributed by atoms with Crippen LogP contribution in [-0.4, -0.2) is 25.2 Å². The maximum Gasteiger partial charge on any atom is 0.254 e. The van der Waals surface area contributed by atoms with Crippen molar-refractivity contribution in [2.24, 2.45) is 0 Å². The van der Waals surface area contributed by atoms with Crippen molar-refractivity contribution in [2.75, 3.05) is 0 Å². The first kappa shape index (κ1) is 16.8. The molecular formula is C21H19N5O. The Hall–Kier alpha value is -3.67. The van der Waals surface area contributed by atoms with E-state index in [1.54, 1.807) is 29.6 Å². The number of carbonyl (C=O) groups excluding carboxylic acids is 1. The van der Waals surface area contributed by atoms with E-state index < -0.39 is 0 Å². The molecule has 0 unspecified atom stereocenters. The molecule has 134 valence electrons. The predicted molar refractivity (Wildman–Crippen MR) is 103 cm³/mol. The fourth-order valence-corrected chi connectivity index (χ4v) is 2.88. The summed E-state index contributed by atoms with van der Waals surface area (Å²) in [5, 5.41) is 7.22. The molecule has 0 saturated carbocycles. The van der Waals surface area contributed by atoms with Gasteiger partial charge in [-0.3, -0.25) is 4.79 Å². The van der Waals surface area contributed by atoms with E-state index >= 15 is 0 Å². The molecule has 0 saturated heterocycles. The molecule has 4 aromatic rings. The molecule has 2 aromatic carbocycles. The zero-order valence-electron chi connectivity index (χ0n) is 14.7. The lowest BCUT2D eigenvalue weighted by molar-refractivity contribution is 0.0951. The minimum atomic E-state index is -0.141. The lowest BCUT2D eigenvalue weighted by atomic mass is 10.1. The Bertz CT molecular complexity index is 1020. The molecule has 2 aromatic heterocycles. The van der Waals surface area contributed by atoms with Gasteiger partial charge in [0.1, 0.15) is 0 Å². The van der Waals surface area contributed by atoms with Crippen LogP contribution in [0.2, 0.25) is 0 Å². The van der Waals surface area contributed by atoms with Gasteiger partial charge in [0.2, 0.25) is 0 Å². The van der Waals surface area contributed by atoms with Gasteiger partial charge in [0, 0.05) is 31.7 Å². The van der Waals surface area contributed by atoms with Gasteiger partial charge in [-0.05, 0) is 23.3 Å². The van der Waals surface area contributed by atoms with Gasteiger partial charge in [-0.15, -0.1) is 0 Å². The minimum Gasteiger partial charge on any atom is -0.348 e. The Labute approximate surface area is 157 Å². The van der Waals surface area contributed by atoms with Crippen molar-refractivity contribution < 1.29 is 4.79 Å². The molecule has 0 aliphatic carbocycles. The SMILES string of the molecule is O=C(NCc1cccc(Cn2ccnc2)c1)c1cnn(-c2ccccc2)c1. The fraction of sp³-hybridized carbons (Fsp3) is 0.0952. The molecule has 4 rings (SSSR count). The Balaban J connectivity index is 1.39. The van der Waals surface area contributed by atoms with Crippen LogP contribution in [0.25, 0.3) is 5.69 Å². The maximum atomic E-state index is 12.4. The van der Waals surface area contributed by atoms with E-state index in [0.29, 0.717) is 12.1 Å². The first-order chi connectivity index (χ1) is 13.3. The number of imidazole rings is 1. The normalized spacial score (nSPS) is 10.7. The second kappa shape index (κ2) is 7.70. The van der Waals surface area contributed by atoms with E-state index in [0.717, 1.165) is 23.4 Å². The van der Waals surface area contributed by atoms with Gasteiger partial charge in [0.25, 0.3) is 5.91 Å². The minimum absolute atomic E-state index is 0.141. The van der Waals surface area contributed by atoms with Crippen molar-refractivity contribution in [3.63, 3.8) is 0 Å². The van der Waals surface area contributed by atoms with E-state index in [1.807, 2.05) is 53.2 Å². The number of hydrogen-bond donors (Lipinski definition) is 1. The molecule has 6 nitrogen and oxygen atoms in total. The molecule has 6 heteroatoms. The highest BCUT2D eigenvalue weighted by Gasteiger charge is 2.09. The molecule has 0 aliphatic rings. The second-order valence-corrected chi connectivity index (χ2v) is 6.25. The smallest absolute Gasteiger partial charge is 0.254 e. The summed E-state index contributed by atoms with van der Waals surface area (Å²) in [6.07, 6.45) is 8.80. The number of nitrogens with zero attached hydrogens (tertiary/aromatic N) is 4. The van der Waals surface area contributed by atoms with Gasteiger partial charge in [0.05, 0.1) is 23.8 Å². The zero-order valence-corrected chi connectivity index (χ0v) is 14.7. The average Bonchev–Trinajstić information content (AvgIpc) is 3.39. The van der Waals surface area contributed by atoms with Crippen LogP contribution in [0.3, 0.4) is 0 Å². The van der Waals surface area contributed by atoms with E-state index in [9.17, 15) is 4.79 Å². The number of para-hydroxylation sites is 1. The van der Waals surface area contributed by atoms with Gasteiger partial charge in [0.15, 0.2) is 0 Å². The second-order valence-electron chi connectivity index (χ2n) is 6.25. The van der Waals surface area contributed by atoms with Crippen LogP contribution in [0.4, 0.5) is 0 Å². The van der Waals surface area contributed by atoms with Crippen molar-refractivity contribution in [3.8, 4) is 5.69 Å². The first-order valence-electron chi connectivity index (χ1n) is 8.70. The first-order valence-corrected chi connectivity index (χ1v) is 8.70. The topological polar surface area (TPSA) is 64.7 Å². The summed E-state index contributed by atoms with van der Waals surface area (Å²) in [7, 11) is 0. The molecular weight excluding hydrogens is 338 g/mol. The van der Waals surface area contributed by atoms with Crippen LogP contribution in [0, 0.1) is 0 Å². The van der Waals surface area contributed by atoms with Crippen LogP contribution < -0.4 is 5.32 Å². The van der Waals surface area contributed by atoms with Gasteiger partial charge in [-0.2, -0.15) is 5.10 Å². The summed E-state index contributed by atoms with van der Waals surface area (Å²) in [6.45, 7) is 1.22. The van der Waals surface area contributed by atoms with E-state index in [1.165, 1.54) is 0 Å². The third-order valence-corrected chi connectivity index (χ3v) is 4.23. The van der Waals surface area contributed by atoms with E-state index in [-0.39, 0.29) is 5.91 Å². The van der Waals surface area contributed by atoms with Crippen molar-refractivity contribution in [1.82, 2.24) is 24.6 Å². The monoisotopic (exact) mass is 357 g/mol. The van der Waals surface area contributed by atoms with Gasteiger partial charge in [-0.1, -0.05) is 42.5 Å². The molecule has 0 spiro atoms. The summed E-state index contributed by atoms with van der Waals surface area (Å²) < 4.78 is 3.70. The molecule has 0 aliphatic heterocycles. The fourth-order valence-electron chi connectivity index (χ4n) is 2.88. The summed E-state index contributed by atoms with van der Waals surface area (Å²) in [5.41, 5.74) is 3.67. The standard InChI is InChI=1S/C21H19N5O/c27-21(19-13-24-26(15-19)20-7-2-1-3-8-20)23-12-17-5-4-6-18(11-17)14-25-10-9-22-16-25/h1-11,13,15-16H,12,14H2,(H,23,27). The average molecular weight is 357 g/mol. The van der Waals surface area contributed by atoms with Crippen LogP contribution >= 0.6 is 0 Å². The third-order valence-electron chi connectivity index (χ3n) is 4.23. The highest BCUT2D eigenvalue weighted by Crippen LogP contribution is 2.10. The molecule has 0 bridgehead atoms. The van der Waals surface area contributed by atoms with Crippen LogP contribution in [0.5, 0.6) is 0 Å². The lowest BCUT2D eigenvalue weighted by Gasteiger charge is -2.07. The number of nitrogens with one attached hydrogen (secondary N) is 1. The number of amides is 1. The molecule has 2 heterocycles. The Morgan fingerprint density at radius 2 is 1.89 bits per heavy atom. The van der Waals surface area contributed by atoms with Crippen molar-refractivity contribution in [2.45, 2.75) is 13.1 Å². The number of carbonyl (C=O) groups is 1. The van der Waals surface area contributed by atoms with Crippen molar-refractivity contribution in [3.05, 3.63) is 102 Å². The van der Waals surface area contributed by atoms with Gasteiger partial charge >= 0.3 is 0 Å². The van der Waals surface area contributed by atoms with Crippen molar-refractivity contribution >= 4 is 5.91 Å². The Kier molecular flexibility index (Phi) is 4.78. The zero-order chi connectivity index (χ0) is 18.5. The summed E-state index contributed by atoms with van der Waals surface area (Å²) in [4.78, 5) is 16.5. The molecule has 27 heavy (non-hydrogen) atoms. The van der Waals surface area contributed by atoms with E-state index in [2.05, 4.69) is 27.5 Å². The Morgan fingerprint density at radius 3 is 2.70 bits per heavy atom. The van der Waals surface area contributed by atoms with Crippen molar-refractivity contribution in [1.29, 1.82) is 0 Å². The number of benzene rings is 2. The maximum absolute atomic E-state index is 12.4. The molecule has 0 radical (unpaired) electrons. The van der Waals surface area contributed by atoms with E-state index in [4.69, 9.17) is 0 Å². The summed E-state index contributed by atoms with van der Waals surface area (Å²) in [6, 6.07) is 17.9. The van der Waals surface area contributed by atoms with Crippen LogP contribution in [0.1, 0.15) is 21.5 Å². The number of hydrogen-bond acceptors (Lipinski definition) is 3. The predicted octanol–water partition coefficient (Wildman–Crippen LogP) is 3.05. The lowest BCUT2D eigenvalue weighted by Crippen LogP contribution is -2.22. The van der Waals surface area contributed by atoms with Gasteiger partial charge < -0.3 is 9.88 Å². The molecule has 1 N–H and O–H groups in total. The Morgan fingerprint density at radius 1 is 1.04 bits per heavy atom. The molecule has 1 amide bonds. The largest absolute Gasteiger partial charge is 0.348 e. The number of rotatable bonds is 6. The highest BCUT2D eigenvalue weighted by atomic mass is 16.1. The highest BCUT2D eigenvalue weighted by molar-refractivity contribution is 5.93. The third kappa shape index (κ3) is 4.12. The van der Waals surface area contributed by atoms with Crippen LogP contribution in [0.15, 0.2) is 85.7 Å². The summed E-state index contributed by atoms with van der Waals surface area (Å²) >= 11 is 0. The summed E-state index contributed by atoms with van der Waals surface area (Å²) in [5.74, 6) is -0.141. The quantitative estimate of drug-likeness (QED) is 0.577. The molecule has 0 fully saturated rings.